The molecule has 1 aromatic carbocycles. The predicted octanol–water partition coefficient (Wildman–Crippen LogP) is 1.97. The highest BCUT2D eigenvalue weighted by Gasteiger charge is 2.04. The minimum Gasteiger partial charge on any atom is -0.424 e. The van der Waals surface area contributed by atoms with Gasteiger partial charge in [0.1, 0.15) is 0 Å². The lowest BCUT2D eigenvalue weighted by molar-refractivity contribution is 0.450. The van der Waals surface area contributed by atoms with E-state index >= 15 is 0 Å². The van der Waals surface area contributed by atoms with E-state index in [0.29, 0.717) is 18.2 Å². The first kappa shape index (κ1) is 11.1. The maximum Gasteiger partial charge on any atom is 0.230 e. The molecule has 0 fully saturated rings. The van der Waals surface area contributed by atoms with Gasteiger partial charge in [-0.3, -0.25) is 0 Å². The van der Waals surface area contributed by atoms with Gasteiger partial charge >= 0.3 is 0 Å². The zero-order valence-electron chi connectivity index (χ0n) is 8.69. The maximum absolute atomic E-state index is 5.80. The number of aromatic nitrogens is 2. The van der Waals surface area contributed by atoms with Crippen LogP contribution in [0.4, 0.5) is 0 Å². The number of halogens is 1. The van der Waals surface area contributed by atoms with E-state index in [9.17, 15) is 0 Å². The molecule has 2 rings (SSSR count). The van der Waals surface area contributed by atoms with Crippen molar-refractivity contribution in [3.05, 3.63) is 46.6 Å². The largest absolute Gasteiger partial charge is 0.424 e. The van der Waals surface area contributed by atoms with E-state index in [1.807, 2.05) is 24.3 Å². The first-order valence-corrected chi connectivity index (χ1v) is 5.41. The van der Waals surface area contributed by atoms with Crippen LogP contribution in [0.2, 0.25) is 5.02 Å². The summed E-state index contributed by atoms with van der Waals surface area (Å²) in [6.07, 6.45) is 1.57. The van der Waals surface area contributed by atoms with Crippen LogP contribution in [0.1, 0.15) is 17.3 Å². The van der Waals surface area contributed by atoms with Crippen molar-refractivity contribution in [3.63, 3.8) is 0 Å². The van der Waals surface area contributed by atoms with Crippen molar-refractivity contribution in [2.24, 2.45) is 5.73 Å². The van der Waals surface area contributed by atoms with Gasteiger partial charge in [0.25, 0.3) is 0 Å². The summed E-state index contributed by atoms with van der Waals surface area (Å²) in [5.41, 5.74) is 6.57. The molecule has 4 nitrogen and oxygen atoms in total. The predicted molar refractivity (Wildman–Crippen MR) is 61.0 cm³/mol. The minimum atomic E-state index is 0.286. The van der Waals surface area contributed by atoms with E-state index in [2.05, 4.69) is 10.2 Å². The summed E-state index contributed by atoms with van der Waals surface area (Å²) in [6, 6.07) is 7.72. The van der Waals surface area contributed by atoms with E-state index in [4.69, 9.17) is 21.8 Å². The Balaban J connectivity index is 1.94. The third-order valence-electron chi connectivity index (χ3n) is 2.22. The molecule has 0 spiro atoms. The maximum atomic E-state index is 5.80. The highest BCUT2D eigenvalue weighted by Crippen LogP contribution is 2.11. The molecular formula is C11H12ClN3O. The Hall–Kier alpha value is -1.39. The summed E-state index contributed by atoms with van der Waals surface area (Å²) >= 11 is 5.80. The number of rotatable bonds is 4. The van der Waals surface area contributed by atoms with E-state index in [-0.39, 0.29) is 6.54 Å². The first-order valence-electron chi connectivity index (χ1n) is 5.03. The molecule has 2 aromatic rings. The van der Waals surface area contributed by atoms with Crippen molar-refractivity contribution >= 4 is 11.6 Å². The van der Waals surface area contributed by atoms with Crippen LogP contribution in [0.3, 0.4) is 0 Å². The van der Waals surface area contributed by atoms with Crippen molar-refractivity contribution in [3.8, 4) is 0 Å². The summed E-state index contributed by atoms with van der Waals surface area (Å²) in [4.78, 5) is 0. The Morgan fingerprint density at radius 2 is 1.75 bits per heavy atom. The van der Waals surface area contributed by atoms with Crippen molar-refractivity contribution in [2.45, 2.75) is 19.4 Å². The third-order valence-corrected chi connectivity index (χ3v) is 2.48. The van der Waals surface area contributed by atoms with Gasteiger partial charge in [-0.05, 0) is 24.1 Å². The van der Waals surface area contributed by atoms with E-state index < -0.39 is 0 Å². The van der Waals surface area contributed by atoms with E-state index in [1.165, 1.54) is 5.56 Å². The van der Waals surface area contributed by atoms with Gasteiger partial charge in [-0.25, -0.2) is 0 Å². The monoisotopic (exact) mass is 237 g/mol. The van der Waals surface area contributed by atoms with Gasteiger partial charge in [-0.2, -0.15) is 0 Å². The van der Waals surface area contributed by atoms with Gasteiger partial charge in [0.15, 0.2) is 0 Å². The zero-order chi connectivity index (χ0) is 11.4. The van der Waals surface area contributed by atoms with Crippen molar-refractivity contribution < 1.29 is 4.42 Å². The molecule has 0 aliphatic carbocycles. The molecule has 1 aromatic heterocycles. The van der Waals surface area contributed by atoms with Crippen molar-refractivity contribution in [2.75, 3.05) is 0 Å². The molecule has 0 atom stereocenters. The van der Waals surface area contributed by atoms with Crippen molar-refractivity contribution in [1.82, 2.24) is 10.2 Å². The summed E-state index contributed by atoms with van der Waals surface area (Å²) in [7, 11) is 0. The van der Waals surface area contributed by atoms with Gasteiger partial charge in [0.05, 0.1) is 6.54 Å². The van der Waals surface area contributed by atoms with Crippen LogP contribution < -0.4 is 5.73 Å². The quantitative estimate of drug-likeness (QED) is 0.883. The van der Waals surface area contributed by atoms with Gasteiger partial charge in [0.2, 0.25) is 11.8 Å². The topological polar surface area (TPSA) is 64.9 Å². The van der Waals surface area contributed by atoms with Crippen LogP contribution in [-0.2, 0) is 19.4 Å². The van der Waals surface area contributed by atoms with Gasteiger partial charge in [-0.1, -0.05) is 23.7 Å². The van der Waals surface area contributed by atoms with Gasteiger partial charge in [0, 0.05) is 11.4 Å². The highest BCUT2D eigenvalue weighted by molar-refractivity contribution is 6.30. The number of nitrogens with zero attached hydrogens (tertiary/aromatic N) is 2. The molecule has 0 saturated carbocycles. The summed E-state index contributed by atoms with van der Waals surface area (Å²) in [5.74, 6) is 1.10. The molecule has 5 heteroatoms. The lowest BCUT2D eigenvalue weighted by Crippen LogP contribution is -1.95. The van der Waals surface area contributed by atoms with Crippen LogP contribution in [-0.4, -0.2) is 10.2 Å². The molecule has 0 aliphatic heterocycles. The number of benzene rings is 1. The fraction of sp³-hybridized carbons (Fsp3) is 0.273. The third kappa shape index (κ3) is 2.81. The minimum absolute atomic E-state index is 0.286. The summed E-state index contributed by atoms with van der Waals surface area (Å²) in [5, 5.41) is 8.44. The van der Waals surface area contributed by atoms with Crippen LogP contribution in [0, 0.1) is 0 Å². The molecule has 0 amide bonds. The SMILES string of the molecule is NCc1nnc(CCc2ccc(Cl)cc2)o1. The molecule has 0 radical (unpaired) electrons. The average Bonchev–Trinajstić information content (AvgIpc) is 2.76. The fourth-order valence-corrected chi connectivity index (χ4v) is 1.50. The molecule has 0 bridgehead atoms. The van der Waals surface area contributed by atoms with Crippen LogP contribution in [0.25, 0.3) is 0 Å². The number of aryl methyl sites for hydroxylation is 2. The Kier molecular flexibility index (Phi) is 3.54. The molecule has 0 unspecified atom stereocenters. The molecule has 0 aliphatic rings. The van der Waals surface area contributed by atoms with Crippen molar-refractivity contribution in [1.29, 1.82) is 0 Å². The first-order chi connectivity index (χ1) is 7.78. The fourth-order valence-electron chi connectivity index (χ4n) is 1.37. The molecule has 16 heavy (non-hydrogen) atoms. The highest BCUT2D eigenvalue weighted by atomic mass is 35.5. The second-order valence-electron chi connectivity index (χ2n) is 3.42. The second kappa shape index (κ2) is 5.09. The Labute approximate surface area is 98.4 Å². The number of hydrogen-bond donors (Lipinski definition) is 1. The lowest BCUT2D eigenvalue weighted by Gasteiger charge is -1.98. The van der Waals surface area contributed by atoms with E-state index in [0.717, 1.165) is 11.4 Å². The number of hydrogen-bond acceptors (Lipinski definition) is 4. The standard InChI is InChI=1S/C11H12ClN3O/c12-9-4-1-8(2-5-9)3-6-10-14-15-11(7-13)16-10/h1-2,4-5H,3,6-7,13H2. The van der Waals surface area contributed by atoms with E-state index in [1.54, 1.807) is 0 Å². The molecule has 84 valence electrons. The zero-order valence-corrected chi connectivity index (χ0v) is 9.44. The summed E-state index contributed by atoms with van der Waals surface area (Å²) < 4.78 is 5.30. The Morgan fingerprint density at radius 1 is 1.06 bits per heavy atom. The normalized spacial score (nSPS) is 10.6. The van der Waals surface area contributed by atoms with Gasteiger partial charge < -0.3 is 10.2 Å². The average molecular weight is 238 g/mol. The van der Waals surface area contributed by atoms with Crippen LogP contribution >= 0.6 is 11.6 Å². The lowest BCUT2D eigenvalue weighted by atomic mass is 10.1. The summed E-state index contributed by atoms with van der Waals surface area (Å²) in [6.45, 7) is 0.286. The van der Waals surface area contributed by atoms with Gasteiger partial charge in [-0.15, -0.1) is 10.2 Å². The molecule has 0 saturated heterocycles. The van der Waals surface area contributed by atoms with Crippen LogP contribution in [0.15, 0.2) is 28.7 Å². The van der Waals surface area contributed by atoms with Crippen LogP contribution in [0.5, 0.6) is 0 Å². The second-order valence-corrected chi connectivity index (χ2v) is 3.86. The molecular weight excluding hydrogens is 226 g/mol. The Bertz CT molecular complexity index is 453. The number of nitrogens with two attached hydrogens (primary N) is 1. The Morgan fingerprint density at radius 3 is 2.38 bits per heavy atom. The molecule has 2 N–H and O–H groups in total. The smallest absolute Gasteiger partial charge is 0.230 e. The molecule has 1 heterocycles.